The third-order valence-electron chi connectivity index (χ3n) is 5.40. The molecule has 1 aromatic rings. The number of nitrogens with one attached hydrogen (secondary N) is 2. The SMILES string of the molecule is CCC(CC)NC(=O)C[C@@H](C(=O)NC[C@@H](O)[C@@H](N)Cc1ccccc1)C(C)(C)C. The second-order valence-electron chi connectivity index (χ2n) is 8.87. The van der Waals surface area contributed by atoms with Gasteiger partial charge < -0.3 is 21.5 Å². The van der Waals surface area contributed by atoms with Crippen molar-refractivity contribution in [1.29, 1.82) is 0 Å². The zero-order valence-corrected chi connectivity index (χ0v) is 18.6. The van der Waals surface area contributed by atoms with Crippen LogP contribution < -0.4 is 16.4 Å². The summed E-state index contributed by atoms with van der Waals surface area (Å²) in [6, 6.07) is 9.34. The van der Waals surface area contributed by atoms with E-state index < -0.39 is 18.1 Å². The second-order valence-corrected chi connectivity index (χ2v) is 8.87. The lowest BCUT2D eigenvalue weighted by Crippen LogP contribution is -2.48. The van der Waals surface area contributed by atoms with Gasteiger partial charge in [-0.2, -0.15) is 0 Å². The highest BCUT2D eigenvalue weighted by atomic mass is 16.3. The molecule has 6 nitrogen and oxygen atoms in total. The monoisotopic (exact) mass is 405 g/mol. The van der Waals surface area contributed by atoms with Crippen LogP contribution in [-0.2, 0) is 16.0 Å². The fourth-order valence-corrected chi connectivity index (χ4v) is 3.26. The van der Waals surface area contributed by atoms with Gasteiger partial charge in [0.05, 0.1) is 12.0 Å². The summed E-state index contributed by atoms with van der Waals surface area (Å²) in [5.41, 5.74) is 6.75. The van der Waals surface area contributed by atoms with Crippen LogP contribution in [-0.4, -0.2) is 41.7 Å². The summed E-state index contributed by atoms with van der Waals surface area (Å²) in [4.78, 5) is 25.2. The zero-order chi connectivity index (χ0) is 22.0. The van der Waals surface area contributed by atoms with Crippen molar-refractivity contribution in [2.45, 2.75) is 78.5 Å². The number of carbonyl (C=O) groups is 2. The van der Waals surface area contributed by atoms with Gasteiger partial charge >= 0.3 is 0 Å². The van der Waals surface area contributed by atoms with Crippen LogP contribution in [0.2, 0.25) is 0 Å². The standard InChI is InChI=1S/C23H39N3O3/c1-6-17(7-2)26-21(28)14-18(23(3,4)5)22(29)25-15-20(27)19(24)13-16-11-9-8-10-12-16/h8-12,17-20,27H,6-7,13-15,24H2,1-5H3,(H,25,29)(H,26,28)/t18-,19-,20+/m0/s1. The lowest BCUT2D eigenvalue weighted by Gasteiger charge is -2.30. The molecule has 0 aromatic heterocycles. The number of aliphatic hydroxyl groups is 1. The quantitative estimate of drug-likeness (QED) is 0.454. The molecule has 0 heterocycles. The summed E-state index contributed by atoms with van der Waals surface area (Å²) in [6.45, 7) is 9.95. The Balaban J connectivity index is 2.62. The number of carbonyl (C=O) groups excluding carboxylic acids is 2. The van der Waals surface area contributed by atoms with Crippen molar-refractivity contribution in [3.8, 4) is 0 Å². The van der Waals surface area contributed by atoms with E-state index in [0.29, 0.717) is 6.42 Å². The third kappa shape index (κ3) is 8.96. The van der Waals surface area contributed by atoms with E-state index in [1.807, 2.05) is 65.0 Å². The first-order chi connectivity index (χ1) is 13.6. The largest absolute Gasteiger partial charge is 0.390 e. The van der Waals surface area contributed by atoms with E-state index in [0.717, 1.165) is 18.4 Å². The lowest BCUT2D eigenvalue weighted by atomic mass is 9.78. The van der Waals surface area contributed by atoms with E-state index in [-0.39, 0.29) is 36.2 Å². The Kier molecular flexibility index (Phi) is 10.3. The maximum Gasteiger partial charge on any atom is 0.224 e. The van der Waals surface area contributed by atoms with Gasteiger partial charge in [-0.25, -0.2) is 0 Å². The van der Waals surface area contributed by atoms with Gasteiger partial charge in [-0.1, -0.05) is 65.0 Å². The van der Waals surface area contributed by atoms with Gasteiger partial charge in [0, 0.05) is 25.0 Å². The first-order valence-corrected chi connectivity index (χ1v) is 10.6. The number of hydrogen-bond acceptors (Lipinski definition) is 4. The summed E-state index contributed by atoms with van der Waals surface area (Å²) >= 11 is 0. The molecule has 2 amide bonds. The summed E-state index contributed by atoms with van der Waals surface area (Å²) < 4.78 is 0. The van der Waals surface area contributed by atoms with E-state index in [1.54, 1.807) is 0 Å². The Bertz CT molecular complexity index is 624. The minimum absolute atomic E-state index is 0.0631. The smallest absolute Gasteiger partial charge is 0.224 e. The highest BCUT2D eigenvalue weighted by Gasteiger charge is 2.34. The van der Waals surface area contributed by atoms with Crippen LogP contribution in [0.5, 0.6) is 0 Å². The number of aliphatic hydroxyl groups excluding tert-OH is 1. The lowest BCUT2D eigenvalue weighted by molar-refractivity contribution is -0.134. The van der Waals surface area contributed by atoms with Gasteiger partial charge in [-0.05, 0) is 30.2 Å². The Morgan fingerprint density at radius 1 is 1.10 bits per heavy atom. The van der Waals surface area contributed by atoms with Crippen molar-refractivity contribution in [3.63, 3.8) is 0 Å². The Morgan fingerprint density at radius 2 is 1.69 bits per heavy atom. The molecule has 0 aliphatic heterocycles. The van der Waals surface area contributed by atoms with Crippen molar-refractivity contribution < 1.29 is 14.7 Å². The molecule has 0 spiro atoms. The van der Waals surface area contributed by atoms with Crippen LogP contribution in [0.3, 0.4) is 0 Å². The van der Waals surface area contributed by atoms with Gasteiger partial charge in [0.2, 0.25) is 11.8 Å². The molecule has 6 heteroatoms. The fraction of sp³-hybridized carbons (Fsp3) is 0.652. The molecule has 29 heavy (non-hydrogen) atoms. The summed E-state index contributed by atoms with van der Waals surface area (Å²) in [5.74, 6) is -0.840. The van der Waals surface area contributed by atoms with Crippen molar-refractivity contribution in [1.82, 2.24) is 10.6 Å². The second kappa shape index (κ2) is 11.9. The summed E-state index contributed by atoms with van der Waals surface area (Å²) in [7, 11) is 0. The number of amides is 2. The minimum atomic E-state index is -0.863. The van der Waals surface area contributed by atoms with Crippen LogP contribution in [0.15, 0.2) is 30.3 Å². The molecule has 1 rings (SSSR count). The van der Waals surface area contributed by atoms with Crippen LogP contribution in [0.4, 0.5) is 0 Å². The predicted molar refractivity (Wildman–Crippen MR) is 117 cm³/mol. The van der Waals surface area contributed by atoms with Crippen LogP contribution in [0.1, 0.15) is 59.4 Å². The first-order valence-electron chi connectivity index (χ1n) is 10.6. The molecule has 0 radical (unpaired) electrons. The zero-order valence-electron chi connectivity index (χ0n) is 18.6. The average Bonchev–Trinajstić information content (AvgIpc) is 2.67. The number of hydrogen-bond donors (Lipinski definition) is 4. The van der Waals surface area contributed by atoms with Gasteiger partial charge in [-0.15, -0.1) is 0 Å². The molecule has 0 saturated carbocycles. The van der Waals surface area contributed by atoms with Crippen LogP contribution >= 0.6 is 0 Å². The number of nitrogens with two attached hydrogens (primary N) is 1. The van der Waals surface area contributed by atoms with Crippen LogP contribution in [0, 0.1) is 11.3 Å². The van der Waals surface area contributed by atoms with Crippen molar-refractivity contribution in [3.05, 3.63) is 35.9 Å². The molecule has 0 fully saturated rings. The minimum Gasteiger partial charge on any atom is -0.390 e. The van der Waals surface area contributed by atoms with Gasteiger partial charge in [0.25, 0.3) is 0 Å². The van der Waals surface area contributed by atoms with E-state index in [2.05, 4.69) is 10.6 Å². The maximum atomic E-state index is 12.8. The molecular formula is C23H39N3O3. The highest BCUT2D eigenvalue weighted by Crippen LogP contribution is 2.29. The van der Waals surface area contributed by atoms with Gasteiger partial charge in [0.15, 0.2) is 0 Å². The molecular weight excluding hydrogens is 366 g/mol. The number of rotatable bonds is 11. The van der Waals surface area contributed by atoms with Crippen molar-refractivity contribution in [2.75, 3.05) is 6.54 Å². The van der Waals surface area contributed by atoms with E-state index in [4.69, 9.17) is 5.73 Å². The Labute approximate surface area is 175 Å². The predicted octanol–water partition coefficient (Wildman–Crippen LogP) is 2.39. The first kappa shape index (κ1) is 25.1. The molecule has 0 aliphatic carbocycles. The molecule has 0 unspecified atom stereocenters. The van der Waals surface area contributed by atoms with Gasteiger partial charge in [0.1, 0.15) is 0 Å². The molecule has 164 valence electrons. The van der Waals surface area contributed by atoms with E-state index in [9.17, 15) is 14.7 Å². The summed E-state index contributed by atoms with van der Waals surface area (Å²) in [5, 5.41) is 16.1. The molecule has 0 bridgehead atoms. The van der Waals surface area contributed by atoms with Gasteiger partial charge in [-0.3, -0.25) is 9.59 Å². The molecule has 5 N–H and O–H groups in total. The fourth-order valence-electron chi connectivity index (χ4n) is 3.26. The van der Waals surface area contributed by atoms with Crippen molar-refractivity contribution in [2.24, 2.45) is 17.1 Å². The van der Waals surface area contributed by atoms with E-state index in [1.165, 1.54) is 0 Å². The topological polar surface area (TPSA) is 104 Å². The summed E-state index contributed by atoms with van der Waals surface area (Å²) in [6.07, 6.45) is 1.51. The average molecular weight is 406 g/mol. The molecule has 0 aliphatic rings. The Morgan fingerprint density at radius 3 is 2.21 bits per heavy atom. The van der Waals surface area contributed by atoms with E-state index >= 15 is 0 Å². The normalized spacial score (nSPS) is 14.9. The van der Waals surface area contributed by atoms with Crippen LogP contribution in [0.25, 0.3) is 0 Å². The number of benzene rings is 1. The molecule has 0 saturated heterocycles. The maximum absolute atomic E-state index is 12.8. The van der Waals surface area contributed by atoms with Crippen molar-refractivity contribution >= 4 is 11.8 Å². The Hall–Kier alpha value is -1.92. The highest BCUT2D eigenvalue weighted by molar-refractivity contribution is 5.86. The third-order valence-corrected chi connectivity index (χ3v) is 5.40. The molecule has 3 atom stereocenters. The molecule has 1 aromatic carbocycles.